The van der Waals surface area contributed by atoms with Crippen molar-refractivity contribution in [2.45, 2.75) is 44.8 Å². The number of benzene rings is 1. The molecule has 1 saturated heterocycles. The van der Waals surface area contributed by atoms with Crippen LogP contribution in [0, 0.1) is 0 Å². The second kappa shape index (κ2) is 5.53. The summed E-state index contributed by atoms with van der Waals surface area (Å²) in [4.78, 5) is 11.4. The number of amides is 1. The van der Waals surface area contributed by atoms with E-state index in [0.717, 1.165) is 19.3 Å². The minimum atomic E-state index is -0.0279. The molecule has 1 amide bonds. The molecule has 0 bridgehead atoms. The molecule has 1 fully saturated rings. The van der Waals surface area contributed by atoms with Crippen LogP contribution in [0.2, 0.25) is 0 Å². The second-order valence-corrected chi connectivity index (χ2v) is 5.11. The fourth-order valence-electron chi connectivity index (χ4n) is 2.61. The third-order valence-corrected chi connectivity index (χ3v) is 3.79. The number of hydrogen-bond donors (Lipinski definition) is 1. The van der Waals surface area contributed by atoms with E-state index in [2.05, 4.69) is 36.5 Å². The molecule has 0 aromatic heterocycles. The fourth-order valence-corrected chi connectivity index (χ4v) is 2.61. The van der Waals surface area contributed by atoms with Gasteiger partial charge >= 0.3 is 0 Å². The van der Waals surface area contributed by atoms with Gasteiger partial charge in [-0.2, -0.15) is 0 Å². The van der Waals surface area contributed by atoms with E-state index in [-0.39, 0.29) is 11.4 Å². The van der Waals surface area contributed by atoms with Crippen molar-refractivity contribution in [3.8, 4) is 0 Å². The summed E-state index contributed by atoms with van der Waals surface area (Å²) in [6.07, 6.45) is 3.51. The lowest BCUT2D eigenvalue weighted by Crippen LogP contribution is -2.42. The van der Waals surface area contributed by atoms with Crippen molar-refractivity contribution in [1.29, 1.82) is 0 Å². The first-order valence-corrected chi connectivity index (χ1v) is 6.55. The molecule has 1 aliphatic heterocycles. The number of ether oxygens (including phenoxy) is 1. The predicted molar refractivity (Wildman–Crippen MR) is 71.3 cm³/mol. The van der Waals surface area contributed by atoms with Crippen LogP contribution in [0.25, 0.3) is 0 Å². The molecule has 1 heterocycles. The summed E-state index contributed by atoms with van der Waals surface area (Å²) in [6, 6.07) is 8.46. The quantitative estimate of drug-likeness (QED) is 0.868. The molecule has 1 aromatic carbocycles. The van der Waals surface area contributed by atoms with Gasteiger partial charge in [-0.05, 0) is 30.4 Å². The zero-order valence-corrected chi connectivity index (χ0v) is 11.2. The summed E-state index contributed by atoms with van der Waals surface area (Å²) in [7, 11) is 1.70. The lowest BCUT2D eigenvalue weighted by molar-refractivity contribution is -0.119. The van der Waals surface area contributed by atoms with Crippen molar-refractivity contribution >= 4 is 5.91 Å². The zero-order chi connectivity index (χ0) is 13.0. The number of nitrogens with one attached hydrogen (secondary N) is 1. The molecule has 0 saturated carbocycles. The van der Waals surface area contributed by atoms with Gasteiger partial charge in [-0.1, -0.05) is 31.2 Å². The molecule has 0 radical (unpaired) electrons. The van der Waals surface area contributed by atoms with Gasteiger partial charge in [0.1, 0.15) is 0 Å². The van der Waals surface area contributed by atoms with Crippen molar-refractivity contribution < 1.29 is 9.53 Å². The highest BCUT2D eigenvalue weighted by molar-refractivity contribution is 5.79. The third-order valence-electron chi connectivity index (χ3n) is 3.79. The number of carbonyl (C=O) groups is 1. The van der Waals surface area contributed by atoms with Crippen LogP contribution in [0.3, 0.4) is 0 Å². The van der Waals surface area contributed by atoms with Gasteiger partial charge in [0.05, 0.1) is 6.61 Å². The normalized spacial score (nSPS) is 23.1. The van der Waals surface area contributed by atoms with Crippen LogP contribution in [-0.2, 0) is 22.6 Å². The summed E-state index contributed by atoms with van der Waals surface area (Å²) < 4.78 is 5.10. The highest BCUT2D eigenvalue weighted by Crippen LogP contribution is 2.28. The Morgan fingerprint density at radius 3 is 2.44 bits per heavy atom. The van der Waals surface area contributed by atoms with Gasteiger partial charge in [-0.3, -0.25) is 4.79 Å². The zero-order valence-electron chi connectivity index (χ0n) is 11.2. The molecule has 1 aliphatic rings. The van der Waals surface area contributed by atoms with Crippen LogP contribution in [-0.4, -0.2) is 18.6 Å². The SMILES string of the molecule is CCC1(Cc2ccc(COC)cc2)CCC(=O)N1. The molecule has 0 aliphatic carbocycles. The third kappa shape index (κ3) is 2.91. The predicted octanol–water partition coefficient (Wildman–Crippen LogP) is 2.43. The Balaban J connectivity index is 2.05. The van der Waals surface area contributed by atoms with E-state index in [9.17, 15) is 4.79 Å². The maximum atomic E-state index is 11.4. The summed E-state index contributed by atoms with van der Waals surface area (Å²) >= 11 is 0. The molecule has 1 unspecified atom stereocenters. The molecule has 1 atom stereocenters. The molecule has 1 aromatic rings. The van der Waals surface area contributed by atoms with Gasteiger partial charge in [-0.25, -0.2) is 0 Å². The highest BCUT2D eigenvalue weighted by atomic mass is 16.5. The summed E-state index contributed by atoms with van der Waals surface area (Å²) in [5.41, 5.74) is 2.43. The van der Waals surface area contributed by atoms with E-state index >= 15 is 0 Å². The average molecular weight is 247 g/mol. The van der Waals surface area contributed by atoms with Crippen LogP contribution in [0.15, 0.2) is 24.3 Å². The van der Waals surface area contributed by atoms with Crippen molar-refractivity contribution in [3.63, 3.8) is 0 Å². The molecular formula is C15H21NO2. The summed E-state index contributed by atoms with van der Waals surface area (Å²) in [5.74, 6) is 0.188. The van der Waals surface area contributed by atoms with Crippen LogP contribution >= 0.6 is 0 Å². The molecule has 98 valence electrons. The Morgan fingerprint density at radius 1 is 1.28 bits per heavy atom. The van der Waals surface area contributed by atoms with Gasteiger partial charge in [0.15, 0.2) is 0 Å². The molecule has 0 spiro atoms. The van der Waals surface area contributed by atoms with E-state index in [4.69, 9.17) is 4.74 Å². The molecular weight excluding hydrogens is 226 g/mol. The van der Waals surface area contributed by atoms with Gasteiger partial charge in [-0.15, -0.1) is 0 Å². The monoisotopic (exact) mass is 247 g/mol. The first-order chi connectivity index (χ1) is 8.67. The van der Waals surface area contributed by atoms with Gasteiger partial charge in [0, 0.05) is 19.1 Å². The van der Waals surface area contributed by atoms with Gasteiger partial charge in [0.25, 0.3) is 0 Å². The van der Waals surface area contributed by atoms with Crippen molar-refractivity contribution in [2.24, 2.45) is 0 Å². The molecule has 18 heavy (non-hydrogen) atoms. The first kappa shape index (κ1) is 13.1. The lowest BCUT2D eigenvalue weighted by atomic mass is 9.87. The van der Waals surface area contributed by atoms with Crippen molar-refractivity contribution in [1.82, 2.24) is 5.32 Å². The van der Waals surface area contributed by atoms with E-state index in [1.54, 1.807) is 7.11 Å². The summed E-state index contributed by atoms with van der Waals surface area (Å²) in [5, 5.41) is 3.14. The van der Waals surface area contributed by atoms with Crippen LogP contribution in [0.1, 0.15) is 37.3 Å². The largest absolute Gasteiger partial charge is 0.380 e. The highest BCUT2D eigenvalue weighted by Gasteiger charge is 2.35. The van der Waals surface area contributed by atoms with E-state index in [1.807, 2.05) is 0 Å². The Labute approximate surface area is 109 Å². The van der Waals surface area contributed by atoms with E-state index in [1.165, 1.54) is 11.1 Å². The second-order valence-electron chi connectivity index (χ2n) is 5.11. The number of rotatable bonds is 5. The molecule has 3 nitrogen and oxygen atoms in total. The van der Waals surface area contributed by atoms with Gasteiger partial charge in [0.2, 0.25) is 5.91 Å². The molecule has 2 rings (SSSR count). The van der Waals surface area contributed by atoms with Crippen molar-refractivity contribution in [3.05, 3.63) is 35.4 Å². The van der Waals surface area contributed by atoms with Crippen LogP contribution in [0.4, 0.5) is 0 Å². The Morgan fingerprint density at radius 2 is 1.94 bits per heavy atom. The minimum absolute atomic E-state index is 0.0279. The lowest BCUT2D eigenvalue weighted by Gasteiger charge is -2.28. The van der Waals surface area contributed by atoms with Crippen LogP contribution in [0.5, 0.6) is 0 Å². The Kier molecular flexibility index (Phi) is 4.02. The minimum Gasteiger partial charge on any atom is -0.380 e. The van der Waals surface area contributed by atoms with E-state index in [0.29, 0.717) is 13.0 Å². The average Bonchev–Trinajstić information content (AvgIpc) is 2.74. The number of methoxy groups -OCH3 is 1. The standard InChI is InChI=1S/C15H21NO2/c1-3-15(9-8-14(17)16-15)10-12-4-6-13(7-5-12)11-18-2/h4-7H,3,8-11H2,1-2H3,(H,16,17). The maximum Gasteiger partial charge on any atom is 0.220 e. The fraction of sp³-hybridized carbons (Fsp3) is 0.533. The van der Waals surface area contributed by atoms with Gasteiger partial charge < -0.3 is 10.1 Å². The smallest absolute Gasteiger partial charge is 0.220 e. The van der Waals surface area contributed by atoms with E-state index < -0.39 is 0 Å². The molecule has 1 N–H and O–H groups in total. The first-order valence-electron chi connectivity index (χ1n) is 6.55. The molecule has 3 heteroatoms. The Bertz CT molecular complexity index is 413. The Hall–Kier alpha value is -1.35. The maximum absolute atomic E-state index is 11.4. The van der Waals surface area contributed by atoms with Crippen molar-refractivity contribution in [2.75, 3.05) is 7.11 Å². The number of hydrogen-bond acceptors (Lipinski definition) is 2. The van der Waals surface area contributed by atoms with Crippen LogP contribution < -0.4 is 5.32 Å². The topological polar surface area (TPSA) is 38.3 Å². The summed E-state index contributed by atoms with van der Waals surface area (Å²) in [6.45, 7) is 2.79. The number of carbonyl (C=O) groups excluding carboxylic acids is 1.